The number of carboxylic acids is 1. The van der Waals surface area contributed by atoms with E-state index in [0.717, 1.165) is 5.56 Å². The lowest BCUT2D eigenvalue weighted by Crippen LogP contribution is -2.39. The van der Waals surface area contributed by atoms with Crippen LogP contribution in [0.3, 0.4) is 0 Å². The molecule has 1 aromatic carbocycles. The lowest BCUT2D eigenvalue weighted by Gasteiger charge is -2.27. The van der Waals surface area contributed by atoms with Crippen molar-refractivity contribution in [2.45, 2.75) is 19.8 Å². The lowest BCUT2D eigenvalue weighted by molar-refractivity contribution is -0.144. The number of hydrogen-bond donors (Lipinski definition) is 2. The van der Waals surface area contributed by atoms with E-state index in [1.165, 1.54) is 0 Å². The highest BCUT2D eigenvalue weighted by Crippen LogP contribution is 2.24. The molecule has 1 heterocycles. The van der Waals surface area contributed by atoms with Crippen LogP contribution >= 0.6 is 11.6 Å². The monoisotopic (exact) mass is 325 g/mol. The summed E-state index contributed by atoms with van der Waals surface area (Å²) in [5, 5.41) is 12.5. The van der Waals surface area contributed by atoms with Gasteiger partial charge in [0.05, 0.1) is 16.5 Å². The topological polar surface area (TPSA) is 75.6 Å². The van der Waals surface area contributed by atoms with Crippen molar-refractivity contribution in [3.05, 3.63) is 34.3 Å². The summed E-state index contributed by atoms with van der Waals surface area (Å²) in [6.45, 7) is 3.07. The molecule has 2 rings (SSSR count). The zero-order valence-electron chi connectivity index (χ0n) is 12.5. The molecule has 1 amide bonds. The van der Waals surface area contributed by atoms with Gasteiger partial charge in [-0.05, 0) is 37.3 Å². The van der Waals surface area contributed by atoms with Gasteiger partial charge in [0.2, 0.25) is 0 Å². The van der Waals surface area contributed by atoms with Crippen molar-refractivity contribution in [2.24, 2.45) is 11.8 Å². The summed E-state index contributed by atoms with van der Waals surface area (Å²) in [4.78, 5) is 23.7. The number of rotatable bonds is 5. The number of benzene rings is 1. The number of carbonyl (C=O) groups excluding carboxylic acids is 1. The Kier molecular flexibility index (Phi) is 5.80. The molecule has 1 atom stereocenters. The molecule has 1 fully saturated rings. The number of amides is 1. The average Bonchev–Trinajstić information content (AvgIpc) is 2.50. The van der Waals surface area contributed by atoms with E-state index >= 15 is 0 Å². The third-order valence-electron chi connectivity index (χ3n) is 4.07. The summed E-state index contributed by atoms with van der Waals surface area (Å²) < 4.78 is 5.26. The van der Waals surface area contributed by atoms with E-state index in [0.29, 0.717) is 36.6 Å². The Morgan fingerprint density at radius 3 is 2.73 bits per heavy atom. The Hall–Kier alpha value is -1.59. The predicted molar refractivity (Wildman–Crippen MR) is 83.2 cm³/mol. The van der Waals surface area contributed by atoms with Crippen molar-refractivity contribution >= 4 is 23.5 Å². The summed E-state index contributed by atoms with van der Waals surface area (Å²) in [6.07, 6.45) is 1.41. The summed E-state index contributed by atoms with van der Waals surface area (Å²) in [6, 6.07) is 5.21. The Labute approximate surface area is 134 Å². The fourth-order valence-electron chi connectivity index (χ4n) is 2.69. The van der Waals surface area contributed by atoms with Crippen LogP contribution in [0.4, 0.5) is 0 Å². The third-order valence-corrected chi connectivity index (χ3v) is 4.57. The first kappa shape index (κ1) is 16.8. The zero-order valence-corrected chi connectivity index (χ0v) is 13.2. The number of carboxylic acid groups (broad SMARTS) is 1. The van der Waals surface area contributed by atoms with Crippen LogP contribution < -0.4 is 5.32 Å². The number of halogens is 1. The third kappa shape index (κ3) is 3.99. The molecule has 5 nitrogen and oxygen atoms in total. The van der Waals surface area contributed by atoms with Gasteiger partial charge < -0.3 is 15.2 Å². The van der Waals surface area contributed by atoms with Gasteiger partial charge in [-0.2, -0.15) is 0 Å². The minimum Gasteiger partial charge on any atom is -0.481 e. The highest BCUT2D eigenvalue weighted by molar-refractivity contribution is 6.34. The molecule has 2 N–H and O–H groups in total. The largest absolute Gasteiger partial charge is 0.481 e. The molecule has 6 heteroatoms. The fraction of sp³-hybridized carbons (Fsp3) is 0.500. The second-order valence-electron chi connectivity index (χ2n) is 5.54. The van der Waals surface area contributed by atoms with Crippen molar-refractivity contribution < 1.29 is 19.4 Å². The number of nitrogens with one attached hydrogen (secondary N) is 1. The number of hydrogen-bond acceptors (Lipinski definition) is 3. The van der Waals surface area contributed by atoms with Crippen LogP contribution in [0.2, 0.25) is 5.02 Å². The summed E-state index contributed by atoms with van der Waals surface area (Å²) in [5.74, 6) is -1.80. The van der Waals surface area contributed by atoms with E-state index in [2.05, 4.69) is 5.32 Å². The SMILES string of the molecule is Cc1cccc(C(=O)NCC(C(=O)O)C2CCOCC2)c1Cl. The van der Waals surface area contributed by atoms with Crippen molar-refractivity contribution in [3.8, 4) is 0 Å². The minimum absolute atomic E-state index is 0.0273. The first-order chi connectivity index (χ1) is 10.5. The maximum atomic E-state index is 12.2. The Balaban J connectivity index is 2.01. The zero-order chi connectivity index (χ0) is 16.1. The molecule has 0 spiro atoms. The molecule has 1 aromatic rings. The molecule has 1 unspecified atom stereocenters. The first-order valence-electron chi connectivity index (χ1n) is 7.34. The fourth-order valence-corrected chi connectivity index (χ4v) is 2.91. The van der Waals surface area contributed by atoms with Gasteiger partial charge in [-0.15, -0.1) is 0 Å². The molecule has 0 radical (unpaired) electrons. The number of aliphatic carboxylic acids is 1. The van der Waals surface area contributed by atoms with Gasteiger partial charge in [0.15, 0.2) is 0 Å². The normalized spacial score (nSPS) is 17.0. The highest BCUT2D eigenvalue weighted by atomic mass is 35.5. The maximum Gasteiger partial charge on any atom is 0.308 e. The quantitative estimate of drug-likeness (QED) is 0.872. The highest BCUT2D eigenvalue weighted by Gasteiger charge is 2.30. The Bertz CT molecular complexity index is 555. The first-order valence-corrected chi connectivity index (χ1v) is 7.72. The van der Waals surface area contributed by atoms with E-state index in [1.807, 2.05) is 13.0 Å². The van der Waals surface area contributed by atoms with E-state index in [4.69, 9.17) is 16.3 Å². The van der Waals surface area contributed by atoms with E-state index in [9.17, 15) is 14.7 Å². The van der Waals surface area contributed by atoms with Crippen molar-refractivity contribution in [3.63, 3.8) is 0 Å². The van der Waals surface area contributed by atoms with Gasteiger partial charge in [-0.25, -0.2) is 0 Å². The van der Waals surface area contributed by atoms with Gasteiger partial charge >= 0.3 is 5.97 Å². The Morgan fingerprint density at radius 1 is 1.41 bits per heavy atom. The van der Waals surface area contributed by atoms with Crippen LogP contribution in [0.15, 0.2) is 18.2 Å². The molecule has 0 aromatic heterocycles. The van der Waals surface area contributed by atoms with Gasteiger partial charge in [-0.1, -0.05) is 23.7 Å². The lowest BCUT2D eigenvalue weighted by atomic mass is 9.86. The van der Waals surface area contributed by atoms with Crippen LogP contribution in [0.1, 0.15) is 28.8 Å². The van der Waals surface area contributed by atoms with E-state index < -0.39 is 11.9 Å². The predicted octanol–water partition coefficient (Wildman–Crippen LogP) is 2.51. The number of carbonyl (C=O) groups is 2. The number of ether oxygens (including phenoxy) is 1. The molecule has 120 valence electrons. The molecular weight excluding hydrogens is 306 g/mol. The molecule has 22 heavy (non-hydrogen) atoms. The molecule has 1 saturated heterocycles. The Morgan fingerprint density at radius 2 is 2.09 bits per heavy atom. The molecule has 0 aliphatic carbocycles. The van der Waals surface area contributed by atoms with Gasteiger partial charge in [-0.3, -0.25) is 9.59 Å². The van der Waals surface area contributed by atoms with Gasteiger partial charge in [0.1, 0.15) is 0 Å². The molecule has 0 bridgehead atoms. The summed E-state index contributed by atoms with van der Waals surface area (Å²) in [7, 11) is 0. The van der Waals surface area contributed by atoms with Crippen molar-refractivity contribution in [1.82, 2.24) is 5.32 Å². The standard InChI is InChI=1S/C16H20ClNO4/c1-10-3-2-4-12(14(10)17)15(19)18-9-13(16(20)21)11-5-7-22-8-6-11/h2-4,11,13H,5-9H2,1H3,(H,18,19)(H,20,21). The van der Waals surface area contributed by atoms with Crippen molar-refractivity contribution in [1.29, 1.82) is 0 Å². The molecule has 1 aliphatic rings. The average molecular weight is 326 g/mol. The maximum absolute atomic E-state index is 12.2. The van der Waals surface area contributed by atoms with E-state index in [1.54, 1.807) is 12.1 Å². The van der Waals surface area contributed by atoms with Gasteiger partial charge in [0.25, 0.3) is 5.91 Å². The molecule has 0 saturated carbocycles. The van der Waals surface area contributed by atoms with Crippen LogP contribution in [0.25, 0.3) is 0 Å². The molecular formula is C16H20ClNO4. The van der Waals surface area contributed by atoms with Crippen LogP contribution in [-0.2, 0) is 9.53 Å². The van der Waals surface area contributed by atoms with Crippen molar-refractivity contribution in [2.75, 3.05) is 19.8 Å². The van der Waals surface area contributed by atoms with Gasteiger partial charge in [0, 0.05) is 19.8 Å². The van der Waals surface area contributed by atoms with Crippen LogP contribution in [0.5, 0.6) is 0 Å². The molecule has 1 aliphatic heterocycles. The number of aryl methyl sites for hydroxylation is 1. The van der Waals surface area contributed by atoms with E-state index in [-0.39, 0.29) is 18.4 Å². The van der Waals surface area contributed by atoms with Crippen LogP contribution in [0, 0.1) is 18.8 Å². The summed E-state index contributed by atoms with van der Waals surface area (Å²) >= 11 is 6.12. The van der Waals surface area contributed by atoms with Crippen LogP contribution in [-0.4, -0.2) is 36.7 Å². The smallest absolute Gasteiger partial charge is 0.308 e. The second-order valence-corrected chi connectivity index (χ2v) is 5.92. The summed E-state index contributed by atoms with van der Waals surface area (Å²) in [5.41, 5.74) is 1.19. The minimum atomic E-state index is -0.887. The second kappa shape index (κ2) is 7.61.